The van der Waals surface area contributed by atoms with Crippen LogP contribution in [0.4, 0.5) is 0 Å². The van der Waals surface area contributed by atoms with Gasteiger partial charge in [-0.3, -0.25) is 4.79 Å². The van der Waals surface area contributed by atoms with Gasteiger partial charge in [-0.25, -0.2) is 12.7 Å². The number of amides is 1. The third-order valence-electron chi connectivity index (χ3n) is 12.7. The van der Waals surface area contributed by atoms with Gasteiger partial charge in [-0.15, -0.1) is 0 Å². The highest BCUT2D eigenvalue weighted by atomic mass is 32.2. The Morgan fingerprint density at radius 3 is 2.33 bits per heavy atom. The van der Waals surface area contributed by atoms with E-state index >= 15 is 0 Å². The summed E-state index contributed by atoms with van der Waals surface area (Å²) in [7, 11) is -2.47. The molecular formula is C33H51NO5S. The van der Waals surface area contributed by atoms with Crippen molar-refractivity contribution in [3.63, 3.8) is 0 Å². The Kier molecular flexibility index (Phi) is 8.26. The van der Waals surface area contributed by atoms with Crippen LogP contribution < -0.4 is 0 Å². The topological polar surface area (TPSA) is 94.9 Å². The molecule has 0 spiro atoms. The van der Waals surface area contributed by atoms with Gasteiger partial charge in [-0.2, -0.15) is 0 Å². The van der Waals surface area contributed by atoms with Crippen molar-refractivity contribution in [1.82, 2.24) is 4.31 Å². The number of fused-ring (bicyclic) bond motifs is 5. The second-order valence-electron chi connectivity index (χ2n) is 14.3. The van der Waals surface area contributed by atoms with Crippen molar-refractivity contribution in [3.8, 4) is 0 Å². The van der Waals surface area contributed by atoms with Gasteiger partial charge in [0.05, 0.1) is 17.1 Å². The summed E-state index contributed by atoms with van der Waals surface area (Å²) in [5.74, 6) is 2.35. The minimum absolute atomic E-state index is 0.127. The molecule has 0 aliphatic heterocycles. The molecule has 1 aromatic rings. The predicted octanol–water partition coefficient (Wildman–Crippen LogP) is 5.88. The summed E-state index contributed by atoms with van der Waals surface area (Å²) in [5, 5.41) is 22.4. The molecule has 4 fully saturated rings. The number of aliphatic hydroxyl groups is 2. The summed E-state index contributed by atoms with van der Waals surface area (Å²) in [5.41, 5.74) is 0.318. The van der Waals surface area contributed by atoms with Gasteiger partial charge < -0.3 is 10.2 Å². The smallest absolute Gasteiger partial charge is 0.266 e. The molecule has 0 saturated heterocycles. The summed E-state index contributed by atoms with van der Waals surface area (Å²) in [6, 6.07) is 8.15. The van der Waals surface area contributed by atoms with Crippen LogP contribution in [0.2, 0.25) is 0 Å². The number of benzene rings is 1. The summed E-state index contributed by atoms with van der Waals surface area (Å²) >= 11 is 0. The van der Waals surface area contributed by atoms with Crippen LogP contribution in [0.1, 0.15) is 91.9 Å². The van der Waals surface area contributed by atoms with Crippen molar-refractivity contribution in [2.24, 2.45) is 52.3 Å². The summed E-state index contributed by atoms with van der Waals surface area (Å²) in [6.07, 6.45) is 8.61. The van der Waals surface area contributed by atoms with Crippen molar-refractivity contribution in [2.45, 2.75) is 109 Å². The number of carbonyl (C=O) groups is 1. The van der Waals surface area contributed by atoms with E-state index in [-0.39, 0.29) is 46.2 Å². The number of aliphatic hydroxyl groups excluding tert-OH is 2. The molecule has 0 bridgehead atoms. The third-order valence-corrected chi connectivity index (χ3v) is 14.5. The molecule has 1 aromatic carbocycles. The molecule has 7 heteroatoms. The molecule has 5 rings (SSSR count). The van der Waals surface area contributed by atoms with Crippen molar-refractivity contribution in [1.29, 1.82) is 0 Å². The van der Waals surface area contributed by atoms with Gasteiger partial charge in [0.25, 0.3) is 10.0 Å². The Morgan fingerprint density at radius 2 is 1.65 bits per heavy atom. The molecule has 0 heterocycles. The summed E-state index contributed by atoms with van der Waals surface area (Å²) in [6.45, 7) is 9.38. The second-order valence-corrected chi connectivity index (χ2v) is 16.3. The van der Waals surface area contributed by atoms with Crippen LogP contribution >= 0.6 is 0 Å². The maximum atomic E-state index is 13.0. The van der Waals surface area contributed by atoms with Crippen LogP contribution in [-0.4, -0.2) is 48.1 Å². The average Bonchev–Trinajstić information content (AvgIpc) is 3.30. The Bertz CT molecular complexity index is 1170. The molecule has 4 saturated carbocycles. The SMILES string of the molecule is CC[C@H]1[C@@H](O)[C@H]2C3CC[C@H]([C@H](C)CCC(=O)N(C)S(=O)(=O)c4ccccc4)[C@@]3(C)CCC2[C@@]2(C)CC[C@@H](O)C[C@@H]12. The minimum Gasteiger partial charge on any atom is -0.393 e. The molecule has 224 valence electrons. The van der Waals surface area contributed by atoms with Crippen LogP contribution in [0.3, 0.4) is 0 Å². The molecule has 0 radical (unpaired) electrons. The number of carbonyl (C=O) groups excluding carboxylic acids is 1. The normalized spacial score (nSPS) is 41.9. The van der Waals surface area contributed by atoms with Crippen molar-refractivity contribution in [2.75, 3.05) is 7.05 Å². The van der Waals surface area contributed by atoms with Gasteiger partial charge in [0.2, 0.25) is 5.91 Å². The lowest BCUT2D eigenvalue weighted by Gasteiger charge is -2.64. The van der Waals surface area contributed by atoms with Gasteiger partial charge >= 0.3 is 0 Å². The molecule has 2 N–H and O–H groups in total. The molecular weight excluding hydrogens is 522 g/mol. The van der Waals surface area contributed by atoms with Crippen molar-refractivity contribution >= 4 is 15.9 Å². The van der Waals surface area contributed by atoms with Gasteiger partial charge in [-0.1, -0.05) is 52.3 Å². The first-order valence-corrected chi connectivity index (χ1v) is 17.2. The lowest BCUT2D eigenvalue weighted by atomic mass is 9.41. The van der Waals surface area contributed by atoms with Crippen molar-refractivity contribution < 1.29 is 23.4 Å². The zero-order valence-corrected chi connectivity index (χ0v) is 25.9. The Hall–Kier alpha value is -1.44. The fourth-order valence-corrected chi connectivity index (χ4v) is 11.7. The largest absolute Gasteiger partial charge is 0.393 e. The zero-order chi connectivity index (χ0) is 29.0. The first-order chi connectivity index (χ1) is 18.9. The van der Waals surface area contributed by atoms with Crippen LogP contribution in [-0.2, 0) is 14.8 Å². The van der Waals surface area contributed by atoms with E-state index in [0.717, 1.165) is 55.7 Å². The van der Waals surface area contributed by atoms with Crippen LogP contribution in [0.25, 0.3) is 0 Å². The Balaban J connectivity index is 1.29. The molecule has 40 heavy (non-hydrogen) atoms. The monoisotopic (exact) mass is 573 g/mol. The molecule has 4 aliphatic carbocycles. The highest BCUT2D eigenvalue weighted by molar-refractivity contribution is 7.89. The fourth-order valence-electron chi connectivity index (χ4n) is 10.5. The van der Waals surface area contributed by atoms with Gasteiger partial charge in [0.15, 0.2) is 0 Å². The molecule has 0 aromatic heterocycles. The lowest BCUT2D eigenvalue weighted by Crippen LogP contribution is -2.62. The number of rotatable bonds is 7. The van der Waals surface area contributed by atoms with E-state index in [1.54, 1.807) is 18.2 Å². The predicted molar refractivity (Wildman–Crippen MR) is 157 cm³/mol. The number of hydrogen-bond donors (Lipinski definition) is 2. The molecule has 6 nitrogen and oxygen atoms in total. The van der Waals surface area contributed by atoms with E-state index in [4.69, 9.17) is 0 Å². The molecule has 2 unspecified atom stereocenters. The highest BCUT2D eigenvalue weighted by Crippen LogP contribution is 2.69. The van der Waals surface area contributed by atoms with E-state index in [2.05, 4.69) is 27.7 Å². The average molecular weight is 574 g/mol. The number of hydrogen-bond acceptors (Lipinski definition) is 5. The maximum absolute atomic E-state index is 13.0. The third kappa shape index (κ3) is 4.76. The van der Waals surface area contributed by atoms with Crippen LogP contribution in [0, 0.1) is 52.3 Å². The van der Waals surface area contributed by atoms with Gasteiger partial charge in [0, 0.05) is 13.5 Å². The Morgan fingerprint density at radius 1 is 1.00 bits per heavy atom. The highest BCUT2D eigenvalue weighted by Gasteiger charge is 2.64. The maximum Gasteiger partial charge on any atom is 0.266 e. The quantitative estimate of drug-likeness (QED) is 0.425. The second kappa shape index (κ2) is 11.0. The van der Waals surface area contributed by atoms with E-state index in [0.29, 0.717) is 41.9 Å². The molecule has 11 atom stereocenters. The number of sulfonamides is 1. The zero-order valence-electron chi connectivity index (χ0n) is 25.1. The van der Waals surface area contributed by atoms with E-state index in [1.807, 2.05) is 0 Å². The van der Waals surface area contributed by atoms with Crippen LogP contribution in [0.15, 0.2) is 35.2 Å². The standard InChI is InChI=1S/C33H51NO5S/c1-6-24-28-20-22(35)16-18-33(28,4)27-17-19-32(3)25(13-14-26(32)30(27)31(24)37)21(2)12-15-29(36)34(5)40(38,39)23-10-8-7-9-11-23/h7-11,21-22,24-28,30-31,35,37H,6,12-20H2,1-5H3/t21-,22-,24-,25-,26?,27?,28+,30+,31-,32-,33-/m1/s1. The van der Waals surface area contributed by atoms with Crippen LogP contribution in [0.5, 0.6) is 0 Å². The summed E-state index contributed by atoms with van der Waals surface area (Å²) in [4.78, 5) is 13.2. The Labute approximate surface area is 242 Å². The first kappa shape index (κ1) is 30.0. The first-order valence-electron chi connectivity index (χ1n) is 15.8. The number of nitrogens with zero attached hydrogens (tertiary/aromatic N) is 1. The molecule has 1 amide bonds. The fraction of sp³-hybridized carbons (Fsp3) is 0.788. The summed E-state index contributed by atoms with van der Waals surface area (Å²) < 4.78 is 26.8. The van der Waals surface area contributed by atoms with E-state index < -0.39 is 10.0 Å². The van der Waals surface area contributed by atoms with Gasteiger partial charge in [0.1, 0.15) is 0 Å². The van der Waals surface area contributed by atoms with Crippen molar-refractivity contribution in [3.05, 3.63) is 30.3 Å². The van der Waals surface area contributed by atoms with E-state index in [9.17, 15) is 23.4 Å². The van der Waals surface area contributed by atoms with E-state index in [1.165, 1.54) is 19.2 Å². The lowest BCUT2D eigenvalue weighted by molar-refractivity contribution is -0.203. The van der Waals surface area contributed by atoms with Gasteiger partial charge in [-0.05, 0) is 116 Å². The molecule has 4 aliphatic rings. The minimum atomic E-state index is -3.84.